The third-order valence-electron chi connectivity index (χ3n) is 2.85. The van der Waals surface area contributed by atoms with Crippen molar-refractivity contribution in [2.75, 3.05) is 5.73 Å². The predicted octanol–water partition coefficient (Wildman–Crippen LogP) is 4.31. The van der Waals surface area contributed by atoms with Gasteiger partial charge < -0.3 is 10.2 Å². The van der Waals surface area contributed by atoms with Crippen LogP contribution in [0.15, 0.2) is 40.8 Å². The molecule has 0 bridgehead atoms. The molecule has 0 unspecified atom stereocenters. The van der Waals surface area contributed by atoms with Gasteiger partial charge in [-0.15, -0.1) is 0 Å². The molecular formula is C14H10Cl2N2O. The van der Waals surface area contributed by atoms with E-state index in [4.69, 9.17) is 33.4 Å². The molecule has 5 heteroatoms. The Morgan fingerprint density at radius 2 is 1.89 bits per heavy atom. The van der Waals surface area contributed by atoms with Gasteiger partial charge in [-0.3, -0.25) is 0 Å². The molecule has 0 amide bonds. The van der Waals surface area contributed by atoms with Crippen LogP contribution in [0.5, 0.6) is 0 Å². The van der Waals surface area contributed by atoms with Crippen molar-refractivity contribution in [3.8, 4) is 0 Å². The van der Waals surface area contributed by atoms with Gasteiger partial charge >= 0.3 is 0 Å². The van der Waals surface area contributed by atoms with Crippen molar-refractivity contribution < 1.29 is 4.42 Å². The molecule has 1 heterocycles. The number of oxazole rings is 1. The van der Waals surface area contributed by atoms with E-state index >= 15 is 0 Å². The maximum Gasteiger partial charge on any atom is 0.199 e. The van der Waals surface area contributed by atoms with E-state index in [-0.39, 0.29) is 0 Å². The van der Waals surface area contributed by atoms with E-state index in [1.165, 1.54) is 0 Å². The van der Waals surface area contributed by atoms with Crippen molar-refractivity contribution in [1.29, 1.82) is 0 Å². The van der Waals surface area contributed by atoms with Gasteiger partial charge in [-0.05, 0) is 17.7 Å². The van der Waals surface area contributed by atoms with Crippen LogP contribution in [0.25, 0.3) is 11.1 Å². The van der Waals surface area contributed by atoms with E-state index in [2.05, 4.69) is 4.98 Å². The zero-order valence-electron chi connectivity index (χ0n) is 9.86. The fourth-order valence-corrected chi connectivity index (χ4v) is 2.25. The van der Waals surface area contributed by atoms with E-state index in [9.17, 15) is 0 Å². The lowest BCUT2D eigenvalue weighted by atomic mass is 10.1. The Hall–Kier alpha value is -1.71. The van der Waals surface area contributed by atoms with Crippen LogP contribution in [-0.4, -0.2) is 4.98 Å². The smallest absolute Gasteiger partial charge is 0.199 e. The maximum atomic E-state index is 6.11. The van der Waals surface area contributed by atoms with Crippen molar-refractivity contribution >= 4 is 40.0 Å². The van der Waals surface area contributed by atoms with Crippen LogP contribution in [0.1, 0.15) is 11.5 Å². The molecule has 3 rings (SSSR count). The SMILES string of the molecule is Nc1cc2oc(Cc3ccccc3Cl)nc2cc1Cl. The number of benzene rings is 2. The van der Waals surface area contributed by atoms with Gasteiger partial charge in [0, 0.05) is 11.1 Å². The number of aromatic nitrogens is 1. The Labute approximate surface area is 119 Å². The molecule has 0 atom stereocenters. The molecule has 0 aliphatic rings. The average molecular weight is 293 g/mol. The summed E-state index contributed by atoms with van der Waals surface area (Å²) >= 11 is 12.1. The van der Waals surface area contributed by atoms with E-state index in [0.717, 1.165) is 5.56 Å². The Morgan fingerprint density at radius 1 is 1.11 bits per heavy atom. The minimum atomic E-state index is 0.477. The van der Waals surface area contributed by atoms with Gasteiger partial charge in [-0.2, -0.15) is 0 Å². The van der Waals surface area contributed by atoms with Crippen LogP contribution in [0, 0.1) is 0 Å². The summed E-state index contributed by atoms with van der Waals surface area (Å²) in [5, 5.41) is 1.17. The first-order valence-corrected chi connectivity index (χ1v) is 6.47. The topological polar surface area (TPSA) is 52.0 Å². The third-order valence-corrected chi connectivity index (χ3v) is 3.55. The molecule has 0 saturated carbocycles. The van der Waals surface area contributed by atoms with Crippen LogP contribution in [0.3, 0.4) is 0 Å². The number of anilines is 1. The van der Waals surface area contributed by atoms with E-state index in [0.29, 0.717) is 39.1 Å². The monoisotopic (exact) mass is 292 g/mol. The van der Waals surface area contributed by atoms with Gasteiger partial charge in [-0.25, -0.2) is 4.98 Å². The van der Waals surface area contributed by atoms with Crippen molar-refractivity contribution in [1.82, 2.24) is 4.98 Å². The van der Waals surface area contributed by atoms with Crippen molar-refractivity contribution in [2.45, 2.75) is 6.42 Å². The molecule has 0 aliphatic carbocycles. The highest BCUT2D eigenvalue weighted by Crippen LogP contribution is 2.27. The highest BCUT2D eigenvalue weighted by Gasteiger charge is 2.10. The second-order valence-electron chi connectivity index (χ2n) is 4.22. The van der Waals surface area contributed by atoms with E-state index < -0.39 is 0 Å². The van der Waals surface area contributed by atoms with Gasteiger partial charge in [0.05, 0.1) is 17.1 Å². The Balaban J connectivity index is 2.00. The maximum absolute atomic E-state index is 6.11. The number of rotatable bonds is 2. The first-order chi connectivity index (χ1) is 9.13. The van der Waals surface area contributed by atoms with Crippen LogP contribution in [-0.2, 0) is 6.42 Å². The van der Waals surface area contributed by atoms with Gasteiger partial charge in [-0.1, -0.05) is 41.4 Å². The molecule has 19 heavy (non-hydrogen) atoms. The number of hydrogen-bond acceptors (Lipinski definition) is 3. The van der Waals surface area contributed by atoms with Gasteiger partial charge in [0.15, 0.2) is 11.5 Å². The van der Waals surface area contributed by atoms with Gasteiger partial charge in [0.25, 0.3) is 0 Å². The standard InChI is InChI=1S/C14H10Cl2N2O/c15-9-4-2-1-3-8(9)5-14-18-12-6-10(16)11(17)7-13(12)19-14/h1-4,6-7H,5,17H2. The van der Waals surface area contributed by atoms with Gasteiger partial charge in [0.2, 0.25) is 0 Å². The van der Waals surface area contributed by atoms with Gasteiger partial charge in [0.1, 0.15) is 5.52 Å². The molecule has 3 nitrogen and oxygen atoms in total. The third kappa shape index (κ3) is 2.39. The molecule has 3 aromatic rings. The number of fused-ring (bicyclic) bond motifs is 1. The largest absolute Gasteiger partial charge is 0.440 e. The second kappa shape index (κ2) is 4.76. The number of nitrogen functional groups attached to an aromatic ring is 1. The van der Waals surface area contributed by atoms with Crippen LogP contribution >= 0.6 is 23.2 Å². The zero-order valence-corrected chi connectivity index (χ0v) is 11.4. The van der Waals surface area contributed by atoms with Crippen LogP contribution in [0.4, 0.5) is 5.69 Å². The molecule has 0 radical (unpaired) electrons. The zero-order chi connectivity index (χ0) is 13.4. The Bertz CT molecular complexity index is 713. The van der Waals surface area contributed by atoms with E-state index in [1.54, 1.807) is 12.1 Å². The molecular weight excluding hydrogens is 283 g/mol. The molecule has 2 aromatic carbocycles. The predicted molar refractivity (Wildman–Crippen MR) is 77.7 cm³/mol. The summed E-state index contributed by atoms with van der Waals surface area (Å²) in [6.45, 7) is 0. The highest BCUT2D eigenvalue weighted by atomic mass is 35.5. The molecule has 0 saturated heterocycles. The summed E-state index contributed by atoms with van der Waals surface area (Å²) in [4.78, 5) is 4.39. The first kappa shape index (κ1) is 12.3. The summed E-state index contributed by atoms with van der Waals surface area (Å²) in [5.41, 5.74) is 8.50. The Morgan fingerprint density at radius 3 is 2.68 bits per heavy atom. The molecule has 0 spiro atoms. The van der Waals surface area contributed by atoms with Crippen molar-refractivity contribution in [2.24, 2.45) is 0 Å². The summed E-state index contributed by atoms with van der Waals surface area (Å²) in [6, 6.07) is 11.0. The second-order valence-corrected chi connectivity index (χ2v) is 5.03. The van der Waals surface area contributed by atoms with Crippen LogP contribution < -0.4 is 5.73 Å². The molecule has 1 aromatic heterocycles. The minimum absolute atomic E-state index is 0.477. The van der Waals surface area contributed by atoms with Crippen molar-refractivity contribution in [3.63, 3.8) is 0 Å². The summed E-state index contributed by atoms with van der Waals surface area (Å²) < 4.78 is 5.65. The number of halogens is 2. The molecule has 96 valence electrons. The lowest BCUT2D eigenvalue weighted by Gasteiger charge is -1.99. The number of nitrogens with two attached hydrogens (primary N) is 1. The Kier molecular flexibility index (Phi) is 3.09. The fourth-order valence-electron chi connectivity index (χ4n) is 1.89. The minimum Gasteiger partial charge on any atom is -0.440 e. The first-order valence-electron chi connectivity index (χ1n) is 5.71. The highest BCUT2D eigenvalue weighted by molar-refractivity contribution is 6.33. The lowest BCUT2D eigenvalue weighted by Crippen LogP contribution is -1.88. The summed E-state index contributed by atoms with van der Waals surface area (Å²) in [6.07, 6.45) is 0.534. The van der Waals surface area contributed by atoms with Crippen molar-refractivity contribution in [3.05, 3.63) is 57.9 Å². The van der Waals surface area contributed by atoms with E-state index in [1.807, 2.05) is 24.3 Å². The normalized spacial score (nSPS) is 11.1. The molecule has 0 aliphatic heterocycles. The summed E-state index contributed by atoms with van der Waals surface area (Å²) in [7, 11) is 0. The molecule has 0 fully saturated rings. The number of nitrogens with zero attached hydrogens (tertiary/aromatic N) is 1. The lowest BCUT2D eigenvalue weighted by molar-refractivity contribution is 0.544. The molecule has 2 N–H and O–H groups in total. The quantitative estimate of drug-likeness (QED) is 0.716. The average Bonchev–Trinajstić information content (AvgIpc) is 2.74. The number of hydrogen-bond donors (Lipinski definition) is 1. The fraction of sp³-hybridized carbons (Fsp3) is 0.0714. The summed E-state index contributed by atoms with van der Waals surface area (Å²) in [5.74, 6) is 0.588. The van der Waals surface area contributed by atoms with Crippen LogP contribution in [0.2, 0.25) is 10.0 Å².